The van der Waals surface area contributed by atoms with Crippen molar-refractivity contribution in [2.24, 2.45) is 16.8 Å². The zero-order valence-corrected chi connectivity index (χ0v) is 12.3. The van der Waals surface area contributed by atoms with Gasteiger partial charge in [0, 0.05) is 19.1 Å². The summed E-state index contributed by atoms with van der Waals surface area (Å²) in [5.41, 5.74) is 5.62. The van der Waals surface area contributed by atoms with Crippen molar-refractivity contribution < 1.29 is 10.0 Å². The number of oxime groups is 1. The minimum absolute atomic E-state index is 0.00214. The number of nitrogens with zero attached hydrogens (tertiary/aromatic N) is 3. The standard InChI is InChI=1S/C14H26N4O2/c1-2-12(13(15)16-20)14(19)18-9-6-11(10-18)17-7-4-3-5-8-17/h11-12,20H,2-10H2,1H3,(H2,15,16). The summed E-state index contributed by atoms with van der Waals surface area (Å²) in [5, 5.41) is 11.8. The zero-order valence-electron chi connectivity index (χ0n) is 12.3. The highest BCUT2D eigenvalue weighted by Crippen LogP contribution is 2.22. The molecule has 0 aromatic carbocycles. The Morgan fingerprint density at radius 2 is 2.05 bits per heavy atom. The molecule has 2 unspecified atom stereocenters. The molecule has 2 heterocycles. The quantitative estimate of drug-likeness (QED) is 0.346. The molecule has 2 aliphatic rings. The van der Waals surface area contributed by atoms with E-state index in [-0.39, 0.29) is 11.7 Å². The monoisotopic (exact) mass is 282 g/mol. The highest BCUT2D eigenvalue weighted by Gasteiger charge is 2.34. The topological polar surface area (TPSA) is 82.2 Å². The van der Waals surface area contributed by atoms with Gasteiger partial charge in [-0.2, -0.15) is 0 Å². The molecule has 6 nitrogen and oxygen atoms in total. The molecular weight excluding hydrogens is 256 g/mol. The van der Waals surface area contributed by atoms with Crippen LogP contribution in [0.3, 0.4) is 0 Å². The first kappa shape index (κ1) is 15.1. The first-order chi connectivity index (χ1) is 9.67. The number of rotatable bonds is 4. The molecule has 0 spiro atoms. The van der Waals surface area contributed by atoms with Gasteiger partial charge >= 0.3 is 0 Å². The van der Waals surface area contributed by atoms with E-state index in [4.69, 9.17) is 10.9 Å². The summed E-state index contributed by atoms with van der Waals surface area (Å²) in [6, 6.07) is 0.490. The van der Waals surface area contributed by atoms with Crippen molar-refractivity contribution in [2.75, 3.05) is 26.2 Å². The van der Waals surface area contributed by atoms with E-state index in [0.717, 1.165) is 32.6 Å². The lowest BCUT2D eigenvalue weighted by Crippen LogP contribution is -2.44. The van der Waals surface area contributed by atoms with Crippen LogP contribution in [0.5, 0.6) is 0 Å². The number of nitrogens with two attached hydrogens (primary N) is 1. The van der Waals surface area contributed by atoms with Crippen molar-refractivity contribution in [1.82, 2.24) is 9.80 Å². The maximum Gasteiger partial charge on any atom is 0.233 e. The molecule has 6 heteroatoms. The molecule has 3 N–H and O–H groups in total. The van der Waals surface area contributed by atoms with E-state index in [1.165, 1.54) is 19.3 Å². The Kier molecular flexibility index (Phi) is 5.23. The lowest BCUT2D eigenvalue weighted by Gasteiger charge is -2.32. The van der Waals surface area contributed by atoms with Gasteiger partial charge in [0.15, 0.2) is 5.84 Å². The predicted octanol–water partition coefficient (Wildman–Crippen LogP) is 0.846. The van der Waals surface area contributed by atoms with Crippen LogP contribution in [-0.2, 0) is 4.79 Å². The van der Waals surface area contributed by atoms with Crippen molar-refractivity contribution in [3.8, 4) is 0 Å². The van der Waals surface area contributed by atoms with Crippen molar-refractivity contribution >= 4 is 11.7 Å². The Morgan fingerprint density at radius 1 is 1.35 bits per heavy atom. The van der Waals surface area contributed by atoms with Gasteiger partial charge in [-0.05, 0) is 38.8 Å². The molecule has 2 rings (SSSR count). The van der Waals surface area contributed by atoms with Gasteiger partial charge in [-0.1, -0.05) is 18.5 Å². The van der Waals surface area contributed by atoms with Crippen molar-refractivity contribution in [3.63, 3.8) is 0 Å². The number of amidine groups is 1. The number of carbonyl (C=O) groups is 1. The minimum Gasteiger partial charge on any atom is -0.409 e. The Bertz CT molecular complexity index is 366. The van der Waals surface area contributed by atoms with E-state index in [1.54, 1.807) is 0 Å². The number of piperidine rings is 1. The molecule has 0 radical (unpaired) electrons. The summed E-state index contributed by atoms with van der Waals surface area (Å²) in [5.74, 6) is -0.457. The fourth-order valence-corrected chi connectivity index (χ4v) is 3.32. The largest absolute Gasteiger partial charge is 0.409 e. The molecule has 1 amide bonds. The number of hydrogen-bond donors (Lipinski definition) is 2. The average molecular weight is 282 g/mol. The van der Waals surface area contributed by atoms with Crippen LogP contribution in [-0.4, -0.2) is 59.0 Å². The first-order valence-electron chi connectivity index (χ1n) is 7.67. The number of amides is 1. The summed E-state index contributed by atoms with van der Waals surface area (Å²) in [6.07, 6.45) is 5.48. The van der Waals surface area contributed by atoms with Crippen LogP contribution >= 0.6 is 0 Å². The first-order valence-corrected chi connectivity index (χ1v) is 7.67. The molecule has 2 fully saturated rings. The van der Waals surface area contributed by atoms with Crippen LogP contribution in [0.15, 0.2) is 5.16 Å². The van der Waals surface area contributed by atoms with Crippen LogP contribution in [0.1, 0.15) is 39.0 Å². The van der Waals surface area contributed by atoms with Crippen LogP contribution < -0.4 is 5.73 Å². The van der Waals surface area contributed by atoms with Gasteiger partial charge in [0.05, 0.1) is 5.92 Å². The lowest BCUT2D eigenvalue weighted by molar-refractivity contribution is -0.132. The molecule has 0 aromatic rings. The zero-order chi connectivity index (χ0) is 14.5. The Hall–Kier alpha value is -1.30. The molecule has 0 aromatic heterocycles. The average Bonchev–Trinajstić information content (AvgIpc) is 2.98. The normalized spacial score (nSPS) is 26.8. The molecule has 2 atom stereocenters. The summed E-state index contributed by atoms with van der Waals surface area (Å²) in [4.78, 5) is 16.8. The molecule has 114 valence electrons. The second-order valence-electron chi connectivity index (χ2n) is 5.81. The van der Waals surface area contributed by atoms with Gasteiger partial charge in [-0.3, -0.25) is 9.69 Å². The van der Waals surface area contributed by atoms with Gasteiger partial charge < -0.3 is 15.8 Å². The highest BCUT2D eigenvalue weighted by atomic mass is 16.4. The maximum atomic E-state index is 12.4. The highest BCUT2D eigenvalue weighted by molar-refractivity contribution is 6.02. The lowest BCUT2D eigenvalue weighted by atomic mass is 10.0. The molecular formula is C14H26N4O2. The van der Waals surface area contributed by atoms with E-state index >= 15 is 0 Å². The minimum atomic E-state index is -0.486. The van der Waals surface area contributed by atoms with Gasteiger partial charge in [0.1, 0.15) is 0 Å². The molecule has 2 aliphatic heterocycles. The molecule has 0 aliphatic carbocycles. The summed E-state index contributed by atoms with van der Waals surface area (Å²) in [6.45, 7) is 5.77. The number of likely N-dealkylation sites (tertiary alicyclic amines) is 2. The van der Waals surface area contributed by atoms with E-state index in [0.29, 0.717) is 12.5 Å². The fraction of sp³-hybridized carbons (Fsp3) is 0.857. The summed E-state index contributed by atoms with van der Waals surface area (Å²) >= 11 is 0. The van der Waals surface area contributed by atoms with Crippen LogP contribution in [0.25, 0.3) is 0 Å². The summed E-state index contributed by atoms with van der Waals surface area (Å²) < 4.78 is 0. The third-order valence-corrected chi connectivity index (χ3v) is 4.56. The van der Waals surface area contributed by atoms with E-state index < -0.39 is 5.92 Å². The van der Waals surface area contributed by atoms with Crippen LogP contribution in [0.4, 0.5) is 0 Å². The second-order valence-corrected chi connectivity index (χ2v) is 5.81. The van der Waals surface area contributed by atoms with E-state index in [1.807, 2.05) is 11.8 Å². The molecule has 2 saturated heterocycles. The van der Waals surface area contributed by atoms with Crippen LogP contribution in [0, 0.1) is 5.92 Å². The van der Waals surface area contributed by atoms with Gasteiger partial charge in [-0.25, -0.2) is 0 Å². The third-order valence-electron chi connectivity index (χ3n) is 4.56. The predicted molar refractivity (Wildman–Crippen MR) is 77.6 cm³/mol. The molecule has 0 saturated carbocycles. The SMILES string of the molecule is CCC(C(=O)N1CCC(N2CCCCC2)C1)C(N)=NO. The number of carbonyl (C=O) groups excluding carboxylic acids is 1. The Labute approximate surface area is 120 Å². The Morgan fingerprint density at radius 3 is 2.65 bits per heavy atom. The van der Waals surface area contributed by atoms with Gasteiger partial charge in [0.2, 0.25) is 5.91 Å². The molecule has 0 bridgehead atoms. The van der Waals surface area contributed by atoms with Crippen molar-refractivity contribution in [3.05, 3.63) is 0 Å². The third kappa shape index (κ3) is 3.23. The van der Waals surface area contributed by atoms with Crippen molar-refractivity contribution in [2.45, 2.75) is 45.1 Å². The van der Waals surface area contributed by atoms with Crippen LogP contribution in [0.2, 0.25) is 0 Å². The van der Waals surface area contributed by atoms with E-state index in [9.17, 15) is 4.79 Å². The molecule has 20 heavy (non-hydrogen) atoms. The maximum absolute atomic E-state index is 12.4. The second kappa shape index (κ2) is 6.92. The fourth-order valence-electron chi connectivity index (χ4n) is 3.32. The van der Waals surface area contributed by atoms with Gasteiger partial charge in [0.25, 0.3) is 0 Å². The van der Waals surface area contributed by atoms with E-state index in [2.05, 4.69) is 10.1 Å². The summed E-state index contributed by atoms with van der Waals surface area (Å²) in [7, 11) is 0. The van der Waals surface area contributed by atoms with Crippen molar-refractivity contribution in [1.29, 1.82) is 0 Å². The number of hydrogen-bond acceptors (Lipinski definition) is 4. The Balaban J connectivity index is 1.92. The van der Waals surface area contributed by atoms with Gasteiger partial charge in [-0.15, -0.1) is 0 Å². The smallest absolute Gasteiger partial charge is 0.233 e.